The third-order valence-electron chi connectivity index (χ3n) is 2.85. The minimum absolute atomic E-state index is 0.179. The molecular weight excluding hydrogens is 326 g/mol. The molecule has 0 aliphatic heterocycles. The van der Waals surface area contributed by atoms with E-state index in [1.165, 1.54) is 13.8 Å². The monoisotopic (exact) mass is 353 g/mol. The quantitative estimate of drug-likeness (QED) is 0.515. The van der Waals surface area contributed by atoms with Crippen LogP contribution in [0.25, 0.3) is 0 Å². The second-order valence-electron chi connectivity index (χ2n) is 7.31. The van der Waals surface area contributed by atoms with Crippen LogP contribution in [0.4, 0.5) is 0 Å². The lowest BCUT2D eigenvalue weighted by Crippen LogP contribution is -2.46. The van der Waals surface area contributed by atoms with Crippen LogP contribution in [0.2, 0.25) is 0 Å². The van der Waals surface area contributed by atoms with Crippen LogP contribution in [0.5, 0.6) is 0 Å². The van der Waals surface area contributed by atoms with Crippen LogP contribution in [0.1, 0.15) is 41.0 Å². The molecule has 1 amide bonds. The molecule has 0 spiro atoms. The molecule has 8 nitrogen and oxygen atoms in total. The molecule has 0 fully saturated rings. The first-order valence-corrected chi connectivity index (χ1v) is 8.79. The van der Waals surface area contributed by atoms with Crippen LogP contribution < -0.4 is 5.32 Å². The third kappa shape index (κ3) is 8.87. The summed E-state index contributed by atoms with van der Waals surface area (Å²) in [7, 11) is -3.98. The second kappa shape index (κ2) is 8.07. The highest BCUT2D eigenvalue weighted by molar-refractivity contribution is 7.87. The SMILES string of the molecule is CC(C)(C)CS(=O)(=O)OC(=O)CCNC(=O)[C@H](O)C(C)(C)CO. The van der Waals surface area contributed by atoms with Gasteiger partial charge < -0.3 is 19.7 Å². The summed E-state index contributed by atoms with van der Waals surface area (Å²) in [6, 6.07) is 0. The molecule has 0 unspecified atom stereocenters. The smallest absolute Gasteiger partial charge is 0.323 e. The van der Waals surface area contributed by atoms with Gasteiger partial charge in [-0.15, -0.1) is 0 Å². The van der Waals surface area contributed by atoms with Gasteiger partial charge in [-0.1, -0.05) is 34.6 Å². The highest BCUT2D eigenvalue weighted by atomic mass is 32.2. The normalized spacial score (nSPS) is 14.2. The lowest BCUT2D eigenvalue weighted by Gasteiger charge is -2.27. The van der Waals surface area contributed by atoms with E-state index >= 15 is 0 Å². The maximum Gasteiger partial charge on any atom is 0.323 e. The Morgan fingerprint density at radius 3 is 2.13 bits per heavy atom. The summed E-state index contributed by atoms with van der Waals surface area (Å²) < 4.78 is 27.7. The summed E-state index contributed by atoms with van der Waals surface area (Å²) in [5, 5.41) is 21.1. The Morgan fingerprint density at radius 2 is 1.70 bits per heavy atom. The predicted octanol–water partition coefficient (Wildman–Crippen LogP) is -0.209. The molecule has 23 heavy (non-hydrogen) atoms. The molecule has 0 heterocycles. The van der Waals surface area contributed by atoms with Gasteiger partial charge in [0.2, 0.25) is 5.91 Å². The Hall–Kier alpha value is -1.19. The zero-order valence-corrected chi connectivity index (χ0v) is 15.1. The Morgan fingerprint density at radius 1 is 1.17 bits per heavy atom. The van der Waals surface area contributed by atoms with Crippen molar-refractivity contribution >= 4 is 22.0 Å². The number of rotatable bonds is 8. The third-order valence-corrected chi connectivity index (χ3v) is 4.51. The molecule has 0 aromatic heterocycles. The van der Waals surface area contributed by atoms with Crippen molar-refractivity contribution in [1.82, 2.24) is 5.32 Å². The van der Waals surface area contributed by atoms with Crippen molar-refractivity contribution in [2.24, 2.45) is 10.8 Å². The van der Waals surface area contributed by atoms with Crippen molar-refractivity contribution in [3.05, 3.63) is 0 Å². The predicted molar refractivity (Wildman–Crippen MR) is 83.8 cm³/mol. The molecule has 136 valence electrons. The van der Waals surface area contributed by atoms with Crippen LogP contribution in [-0.4, -0.2) is 55.5 Å². The Balaban J connectivity index is 4.35. The first-order chi connectivity index (χ1) is 10.2. The van der Waals surface area contributed by atoms with E-state index in [1.807, 2.05) is 0 Å². The summed E-state index contributed by atoms with van der Waals surface area (Å²) in [5.41, 5.74) is -1.58. The second-order valence-corrected chi connectivity index (χ2v) is 8.88. The number of aliphatic hydroxyl groups is 2. The summed E-state index contributed by atoms with van der Waals surface area (Å²) >= 11 is 0. The molecule has 0 aromatic rings. The fourth-order valence-electron chi connectivity index (χ4n) is 1.57. The summed E-state index contributed by atoms with van der Waals surface area (Å²) in [6.07, 6.45) is -1.80. The minimum Gasteiger partial charge on any atom is -0.396 e. The zero-order valence-electron chi connectivity index (χ0n) is 14.2. The number of carbonyl (C=O) groups excluding carboxylic acids is 2. The van der Waals surface area contributed by atoms with E-state index in [4.69, 9.17) is 5.11 Å². The minimum atomic E-state index is -3.98. The van der Waals surface area contributed by atoms with Crippen molar-refractivity contribution in [3.8, 4) is 0 Å². The Labute approximate surface area is 137 Å². The number of amides is 1. The lowest BCUT2D eigenvalue weighted by molar-refractivity contribution is -0.137. The van der Waals surface area contributed by atoms with Crippen LogP contribution in [0.15, 0.2) is 0 Å². The van der Waals surface area contributed by atoms with Gasteiger partial charge in [-0.05, 0) is 5.41 Å². The van der Waals surface area contributed by atoms with E-state index in [0.717, 1.165) is 0 Å². The number of hydrogen-bond donors (Lipinski definition) is 3. The fraction of sp³-hybridized carbons (Fsp3) is 0.857. The highest BCUT2D eigenvalue weighted by Gasteiger charge is 2.33. The number of aliphatic hydroxyl groups excluding tert-OH is 2. The molecule has 0 aliphatic rings. The summed E-state index contributed by atoms with van der Waals surface area (Å²) in [5.74, 6) is -2.04. The molecule has 0 saturated carbocycles. The van der Waals surface area contributed by atoms with Gasteiger partial charge in [0.05, 0.1) is 18.8 Å². The van der Waals surface area contributed by atoms with Crippen LogP contribution in [0, 0.1) is 10.8 Å². The molecular formula is C14H27NO7S. The average molecular weight is 353 g/mol. The van der Waals surface area contributed by atoms with E-state index in [2.05, 4.69) is 9.50 Å². The Kier molecular flexibility index (Phi) is 7.65. The summed E-state index contributed by atoms with van der Waals surface area (Å²) in [6.45, 7) is 7.53. The van der Waals surface area contributed by atoms with Gasteiger partial charge in [0.25, 0.3) is 0 Å². The van der Waals surface area contributed by atoms with Crippen molar-refractivity contribution in [3.63, 3.8) is 0 Å². The molecule has 0 aromatic carbocycles. The molecule has 0 aliphatic carbocycles. The average Bonchev–Trinajstić information content (AvgIpc) is 2.33. The van der Waals surface area contributed by atoms with E-state index in [9.17, 15) is 23.1 Å². The van der Waals surface area contributed by atoms with Gasteiger partial charge in [-0.2, -0.15) is 8.42 Å². The zero-order chi connectivity index (χ0) is 18.5. The van der Waals surface area contributed by atoms with Gasteiger partial charge in [0, 0.05) is 12.0 Å². The van der Waals surface area contributed by atoms with E-state index in [-0.39, 0.29) is 18.7 Å². The largest absolute Gasteiger partial charge is 0.396 e. The van der Waals surface area contributed by atoms with Gasteiger partial charge in [-0.3, -0.25) is 9.59 Å². The topological polar surface area (TPSA) is 130 Å². The molecule has 9 heteroatoms. The standard InChI is InChI=1S/C14H27NO7S/c1-13(2,3)9-23(20,21)22-10(17)6-7-15-12(19)11(18)14(4,5)8-16/h11,16,18H,6-9H2,1-5H3,(H,15,19)/t11-/m0/s1. The van der Waals surface area contributed by atoms with E-state index < -0.39 is 45.5 Å². The van der Waals surface area contributed by atoms with Gasteiger partial charge in [0.1, 0.15) is 6.10 Å². The molecule has 3 N–H and O–H groups in total. The van der Waals surface area contributed by atoms with Gasteiger partial charge in [0.15, 0.2) is 0 Å². The summed E-state index contributed by atoms with van der Waals surface area (Å²) in [4.78, 5) is 23.2. The van der Waals surface area contributed by atoms with Crippen LogP contribution >= 0.6 is 0 Å². The Bertz CT molecular complexity index is 520. The van der Waals surface area contributed by atoms with Gasteiger partial charge in [-0.25, -0.2) is 0 Å². The molecule has 0 rings (SSSR count). The first kappa shape index (κ1) is 21.8. The maximum atomic E-state index is 11.7. The number of carbonyl (C=O) groups is 2. The number of nitrogens with one attached hydrogen (secondary N) is 1. The molecule has 1 atom stereocenters. The molecule has 0 bridgehead atoms. The first-order valence-electron chi connectivity index (χ1n) is 7.22. The molecule has 0 saturated heterocycles. The highest BCUT2D eigenvalue weighted by Crippen LogP contribution is 2.19. The van der Waals surface area contributed by atoms with Crippen molar-refractivity contribution in [2.75, 3.05) is 18.9 Å². The molecule has 0 radical (unpaired) electrons. The maximum absolute atomic E-state index is 11.7. The van der Waals surface area contributed by atoms with Gasteiger partial charge >= 0.3 is 16.1 Å². The van der Waals surface area contributed by atoms with Crippen molar-refractivity contribution < 1.29 is 32.4 Å². The lowest BCUT2D eigenvalue weighted by atomic mass is 9.87. The van der Waals surface area contributed by atoms with Crippen molar-refractivity contribution in [2.45, 2.75) is 47.1 Å². The van der Waals surface area contributed by atoms with Crippen LogP contribution in [-0.2, 0) is 23.9 Å². The number of hydrogen-bond acceptors (Lipinski definition) is 7. The van der Waals surface area contributed by atoms with Crippen molar-refractivity contribution in [1.29, 1.82) is 0 Å². The van der Waals surface area contributed by atoms with E-state index in [1.54, 1.807) is 20.8 Å². The fourth-order valence-corrected chi connectivity index (χ4v) is 3.06. The van der Waals surface area contributed by atoms with Crippen LogP contribution in [0.3, 0.4) is 0 Å². The van der Waals surface area contributed by atoms with E-state index in [0.29, 0.717) is 0 Å².